The number of Topliss-reactive ketones (excluding diaryl/α,β-unsaturated/α-hetero) is 1. The number of aryl methyl sites for hydroxylation is 1. The largest absolute Gasteiger partial charge is 0.485 e. The third kappa shape index (κ3) is 3.58. The van der Waals surface area contributed by atoms with E-state index in [0.717, 1.165) is 6.42 Å². The molecular weight excluding hydrogens is 260 g/mol. The maximum absolute atomic E-state index is 12.0. The van der Waals surface area contributed by atoms with Gasteiger partial charge in [0, 0.05) is 5.56 Å². The van der Waals surface area contributed by atoms with Gasteiger partial charge in [-0.1, -0.05) is 42.8 Å². The van der Waals surface area contributed by atoms with E-state index in [4.69, 9.17) is 16.3 Å². The molecule has 0 radical (unpaired) electrons. The molecule has 2 nitrogen and oxygen atoms in total. The maximum atomic E-state index is 12.0. The van der Waals surface area contributed by atoms with Gasteiger partial charge in [-0.2, -0.15) is 0 Å². The number of hydrogen-bond acceptors (Lipinski definition) is 2. The average Bonchev–Trinajstić information content (AvgIpc) is 2.45. The normalized spacial score (nSPS) is 10.2. The summed E-state index contributed by atoms with van der Waals surface area (Å²) in [5, 5.41) is 0.457. The Kier molecular flexibility index (Phi) is 4.58. The Hall–Kier alpha value is -1.80. The summed E-state index contributed by atoms with van der Waals surface area (Å²) in [5.41, 5.74) is 1.68. The van der Waals surface area contributed by atoms with Gasteiger partial charge >= 0.3 is 0 Å². The first-order valence-corrected chi connectivity index (χ1v) is 6.58. The number of rotatable bonds is 5. The van der Waals surface area contributed by atoms with Crippen LogP contribution >= 0.6 is 11.6 Å². The Morgan fingerprint density at radius 1 is 1.16 bits per heavy atom. The molecule has 0 unspecified atom stereocenters. The van der Waals surface area contributed by atoms with Crippen molar-refractivity contribution in [3.63, 3.8) is 0 Å². The molecular formula is C16H15ClO2. The lowest BCUT2D eigenvalue weighted by Crippen LogP contribution is -2.12. The second kappa shape index (κ2) is 6.39. The molecule has 2 aromatic rings. The average molecular weight is 275 g/mol. The maximum Gasteiger partial charge on any atom is 0.201 e. The van der Waals surface area contributed by atoms with Crippen LogP contribution < -0.4 is 4.74 Å². The molecule has 0 saturated heterocycles. The van der Waals surface area contributed by atoms with E-state index in [1.807, 2.05) is 24.3 Å². The van der Waals surface area contributed by atoms with Crippen LogP contribution in [0.1, 0.15) is 22.8 Å². The van der Waals surface area contributed by atoms with Crippen molar-refractivity contribution in [2.45, 2.75) is 13.3 Å². The van der Waals surface area contributed by atoms with Gasteiger partial charge in [0.15, 0.2) is 6.61 Å². The molecule has 98 valence electrons. The van der Waals surface area contributed by atoms with Crippen molar-refractivity contribution in [3.05, 3.63) is 64.7 Å². The van der Waals surface area contributed by atoms with E-state index in [9.17, 15) is 4.79 Å². The van der Waals surface area contributed by atoms with Gasteiger partial charge in [0.2, 0.25) is 5.78 Å². The van der Waals surface area contributed by atoms with Crippen molar-refractivity contribution in [2.24, 2.45) is 0 Å². The highest BCUT2D eigenvalue weighted by atomic mass is 35.5. The molecule has 0 spiro atoms. The third-order valence-electron chi connectivity index (χ3n) is 2.85. The molecule has 0 aromatic heterocycles. The van der Waals surface area contributed by atoms with Crippen LogP contribution in [0.2, 0.25) is 5.02 Å². The fourth-order valence-corrected chi connectivity index (χ4v) is 2.01. The Bertz CT molecular complexity index is 578. The molecule has 0 aliphatic heterocycles. The van der Waals surface area contributed by atoms with Gasteiger partial charge in [0.05, 0.1) is 5.02 Å². The van der Waals surface area contributed by atoms with Crippen molar-refractivity contribution < 1.29 is 9.53 Å². The molecule has 0 atom stereocenters. The van der Waals surface area contributed by atoms with E-state index >= 15 is 0 Å². The lowest BCUT2D eigenvalue weighted by atomic mass is 10.1. The first-order valence-electron chi connectivity index (χ1n) is 6.20. The molecule has 19 heavy (non-hydrogen) atoms. The van der Waals surface area contributed by atoms with Crippen molar-refractivity contribution >= 4 is 17.4 Å². The van der Waals surface area contributed by atoms with Crippen molar-refractivity contribution in [2.75, 3.05) is 6.61 Å². The summed E-state index contributed by atoms with van der Waals surface area (Å²) in [6.45, 7) is 2.07. The van der Waals surface area contributed by atoms with Crippen LogP contribution in [0.25, 0.3) is 0 Å². The van der Waals surface area contributed by atoms with Crippen LogP contribution in [0, 0.1) is 0 Å². The summed E-state index contributed by atoms with van der Waals surface area (Å²) >= 11 is 5.97. The Morgan fingerprint density at radius 3 is 2.68 bits per heavy atom. The van der Waals surface area contributed by atoms with Crippen LogP contribution in [0.4, 0.5) is 0 Å². The number of carbonyl (C=O) groups is 1. The predicted molar refractivity (Wildman–Crippen MR) is 77.1 cm³/mol. The highest BCUT2D eigenvalue weighted by Crippen LogP contribution is 2.17. The van der Waals surface area contributed by atoms with Gasteiger partial charge in [0.1, 0.15) is 5.75 Å². The fraction of sp³-hybridized carbons (Fsp3) is 0.188. The van der Waals surface area contributed by atoms with Crippen LogP contribution in [0.15, 0.2) is 48.5 Å². The number of ketones is 1. The van der Waals surface area contributed by atoms with Gasteiger partial charge in [-0.15, -0.1) is 0 Å². The number of benzene rings is 2. The molecule has 0 amide bonds. The van der Waals surface area contributed by atoms with Crippen LogP contribution in [-0.4, -0.2) is 12.4 Å². The standard InChI is InChI=1S/C16H15ClO2/c1-2-12-6-5-7-13(10-12)19-11-16(18)14-8-3-4-9-15(14)17/h3-10H,2,11H2,1H3. The SMILES string of the molecule is CCc1cccc(OCC(=O)c2ccccc2Cl)c1. The Morgan fingerprint density at radius 2 is 1.95 bits per heavy atom. The van der Waals surface area contributed by atoms with Crippen molar-refractivity contribution in [1.82, 2.24) is 0 Å². The van der Waals surface area contributed by atoms with Crippen molar-refractivity contribution in [1.29, 1.82) is 0 Å². The zero-order valence-electron chi connectivity index (χ0n) is 10.7. The van der Waals surface area contributed by atoms with Crippen LogP contribution in [-0.2, 0) is 6.42 Å². The summed E-state index contributed by atoms with van der Waals surface area (Å²) in [6.07, 6.45) is 0.940. The first-order chi connectivity index (χ1) is 9.20. The second-order valence-electron chi connectivity index (χ2n) is 4.19. The first kappa shape index (κ1) is 13.6. The summed E-state index contributed by atoms with van der Waals surface area (Å²) in [5.74, 6) is 0.590. The van der Waals surface area contributed by atoms with E-state index in [-0.39, 0.29) is 12.4 Å². The minimum Gasteiger partial charge on any atom is -0.485 e. The van der Waals surface area contributed by atoms with Gasteiger partial charge in [-0.3, -0.25) is 4.79 Å². The van der Waals surface area contributed by atoms with Gasteiger partial charge in [0.25, 0.3) is 0 Å². The number of carbonyl (C=O) groups excluding carboxylic acids is 1. The minimum atomic E-state index is -0.118. The predicted octanol–water partition coefficient (Wildman–Crippen LogP) is 4.16. The fourth-order valence-electron chi connectivity index (χ4n) is 1.77. The molecule has 0 N–H and O–H groups in total. The third-order valence-corrected chi connectivity index (χ3v) is 3.18. The smallest absolute Gasteiger partial charge is 0.201 e. The number of ether oxygens (including phenoxy) is 1. The Balaban J connectivity index is 2.02. The zero-order valence-corrected chi connectivity index (χ0v) is 11.5. The molecule has 2 rings (SSSR count). The number of hydrogen-bond donors (Lipinski definition) is 0. The van der Waals surface area contributed by atoms with Gasteiger partial charge < -0.3 is 4.74 Å². The number of halogens is 1. The molecule has 2 aromatic carbocycles. The van der Waals surface area contributed by atoms with E-state index in [1.54, 1.807) is 24.3 Å². The summed E-state index contributed by atoms with van der Waals surface area (Å²) in [6, 6.07) is 14.7. The molecule has 0 heterocycles. The van der Waals surface area contributed by atoms with E-state index in [1.165, 1.54) is 5.56 Å². The highest BCUT2D eigenvalue weighted by Gasteiger charge is 2.10. The summed E-state index contributed by atoms with van der Waals surface area (Å²) in [7, 11) is 0. The van der Waals surface area contributed by atoms with E-state index < -0.39 is 0 Å². The van der Waals surface area contributed by atoms with Crippen LogP contribution in [0.3, 0.4) is 0 Å². The Labute approximate surface area is 118 Å². The highest BCUT2D eigenvalue weighted by molar-refractivity contribution is 6.34. The minimum absolute atomic E-state index is 0.00307. The lowest BCUT2D eigenvalue weighted by molar-refractivity contribution is 0.0921. The quantitative estimate of drug-likeness (QED) is 0.765. The van der Waals surface area contributed by atoms with E-state index in [0.29, 0.717) is 16.3 Å². The molecule has 0 saturated carbocycles. The molecule has 0 aliphatic rings. The molecule has 0 aliphatic carbocycles. The lowest BCUT2D eigenvalue weighted by Gasteiger charge is -2.07. The van der Waals surface area contributed by atoms with Crippen molar-refractivity contribution in [3.8, 4) is 5.75 Å². The second-order valence-corrected chi connectivity index (χ2v) is 4.60. The van der Waals surface area contributed by atoms with Gasteiger partial charge in [-0.05, 0) is 36.2 Å². The topological polar surface area (TPSA) is 26.3 Å². The van der Waals surface area contributed by atoms with Crippen LogP contribution in [0.5, 0.6) is 5.75 Å². The van der Waals surface area contributed by atoms with E-state index in [2.05, 4.69) is 6.92 Å². The molecule has 3 heteroatoms. The van der Waals surface area contributed by atoms with Gasteiger partial charge in [-0.25, -0.2) is 0 Å². The monoisotopic (exact) mass is 274 g/mol. The summed E-state index contributed by atoms with van der Waals surface area (Å²) < 4.78 is 5.51. The molecule has 0 fully saturated rings. The summed E-state index contributed by atoms with van der Waals surface area (Å²) in [4.78, 5) is 12.0. The molecule has 0 bridgehead atoms. The zero-order chi connectivity index (χ0) is 13.7.